The van der Waals surface area contributed by atoms with Crippen molar-refractivity contribution in [3.05, 3.63) is 72.9 Å². The van der Waals surface area contributed by atoms with Gasteiger partial charge < -0.3 is 39.4 Å². The van der Waals surface area contributed by atoms with E-state index in [4.69, 9.17) is 18.9 Å². The zero-order valence-electron chi connectivity index (χ0n) is 39.6. The van der Waals surface area contributed by atoms with Crippen molar-refractivity contribution in [3.8, 4) is 0 Å². The number of unbranched alkanes of at least 4 members (excludes halogenated alkanes) is 18. The molecule has 1 aliphatic rings. The molecule has 6 unspecified atom stereocenters. The zero-order valence-corrected chi connectivity index (χ0v) is 39.6. The lowest BCUT2D eigenvalue weighted by atomic mass is 9.99. The molecule has 0 amide bonds. The predicted octanol–water partition coefficient (Wildman–Crippen LogP) is 11.6. The molecule has 0 aromatic rings. The SMILES string of the molecule is CCCCC/C=C\C/C=C\C/C=C\CCCCCCCCC(=O)OCC(COC1OC(CO)C(O)C(O)C1O)OC(=O)CCCCCCCC/C=C\C/C=C\C/C=C\CCCCC. The molecule has 0 aromatic heterocycles. The minimum absolute atomic E-state index is 0.209. The second kappa shape index (κ2) is 43.1. The zero-order chi connectivity index (χ0) is 45.9. The van der Waals surface area contributed by atoms with E-state index in [0.29, 0.717) is 12.8 Å². The number of hydrogen-bond acceptors (Lipinski definition) is 10. The van der Waals surface area contributed by atoms with Crippen molar-refractivity contribution in [1.82, 2.24) is 0 Å². The van der Waals surface area contributed by atoms with Gasteiger partial charge in [-0.25, -0.2) is 0 Å². The first-order valence-electron chi connectivity index (χ1n) is 25.0. The molecule has 63 heavy (non-hydrogen) atoms. The lowest BCUT2D eigenvalue weighted by Gasteiger charge is -2.39. The Balaban J connectivity index is 2.31. The normalized spacial score (nSPS) is 20.1. The molecule has 1 heterocycles. The van der Waals surface area contributed by atoms with E-state index in [2.05, 4.69) is 86.8 Å². The number of allylic oxidation sites excluding steroid dienone is 12. The number of carbonyl (C=O) groups excluding carboxylic acids is 2. The molecule has 1 fully saturated rings. The molecule has 0 aromatic carbocycles. The third-order valence-electron chi connectivity index (χ3n) is 11.1. The molecule has 1 saturated heterocycles. The van der Waals surface area contributed by atoms with Crippen LogP contribution < -0.4 is 0 Å². The smallest absolute Gasteiger partial charge is 0.306 e. The average molecular weight is 887 g/mol. The van der Waals surface area contributed by atoms with Crippen LogP contribution in [0, 0.1) is 0 Å². The Labute approximate surface area is 383 Å². The summed E-state index contributed by atoms with van der Waals surface area (Å²) in [6.45, 7) is 3.34. The van der Waals surface area contributed by atoms with Gasteiger partial charge in [-0.05, 0) is 89.9 Å². The maximum Gasteiger partial charge on any atom is 0.306 e. The summed E-state index contributed by atoms with van der Waals surface area (Å²) in [5.41, 5.74) is 0. The van der Waals surface area contributed by atoms with Crippen molar-refractivity contribution in [3.63, 3.8) is 0 Å². The van der Waals surface area contributed by atoms with Crippen LogP contribution in [0.2, 0.25) is 0 Å². The molecule has 10 nitrogen and oxygen atoms in total. The molecule has 10 heteroatoms. The van der Waals surface area contributed by atoms with E-state index < -0.39 is 55.4 Å². The molecule has 0 aliphatic carbocycles. The van der Waals surface area contributed by atoms with E-state index in [1.165, 1.54) is 51.4 Å². The van der Waals surface area contributed by atoms with E-state index in [1.54, 1.807) is 0 Å². The lowest BCUT2D eigenvalue weighted by molar-refractivity contribution is -0.305. The molecule has 0 bridgehead atoms. The van der Waals surface area contributed by atoms with Crippen LogP contribution in [0.15, 0.2) is 72.9 Å². The van der Waals surface area contributed by atoms with Crippen molar-refractivity contribution < 1.29 is 49.0 Å². The van der Waals surface area contributed by atoms with Crippen molar-refractivity contribution in [1.29, 1.82) is 0 Å². The monoisotopic (exact) mass is 887 g/mol. The van der Waals surface area contributed by atoms with Gasteiger partial charge in [-0.3, -0.25) is 9.59 Å². The second-order valence-electron chi connectivity index (χ2n) is 16.9. The summed E-state index contributed by atoms with van der Waals surface area (Å²) in [5.74, 6) is -0.839. The standard InChI is InChI=1S/C53H90O10/c1-3-5-7-9-11-13-15-17-19-21-23-25-27-29-31-33-35-37-39-41-48(55)60-44-46(45-61-53-52(59)51(58)50(57)47(43-54)63-53)62-49(56)42-40-38-36-34-32-30-28-26-24-22-20-18-16-14-12-10-8-6-4-2/h11-14,17-20,23-26,46-47,50-54,57-59H,3-10,15-16,21-22,27-45H2,1-2H3/b13-11-,14-12-,19-17-,20-18-,25-23-,26-24-. The van der Waals surface area contributed by atoms with Crippen LogP contribution >= 0.6 is 0 Å². The van der Waals surface area contributed by atoms with Crippen LogP contribution in [-0.2, 0) is 28.5 Å². The maximum absolute atomic E-state index is 12.8. The summed E-state index contributed by atoms with van der Waals surface area (Å²) < 4.78 is 22.2. The first kappa shape index (κ1) is 58.2. The van der Waals surface area contributed by atoms with Gasteiger partial charge >= 0.3 is 11.9 Å². The molecular formula is C53H90O10. The Morgan fingerprint density at radius 3 is 1.33 bits per heavy atom. The van der Waals surface area contributed by atoms with E-state index in [1.807, 2.05) is 0 Å². The third kappa shape index (κ3) is 34.2. The van der Waals surface area contributed by atoms with Crippen LogP contribution in [0.25, 0.3) is 0 Å². The Bertz CT molecular complexity index is 1250. The highest BCUT2D eigenvalue weighted by Gasteiger charge is 2.44. The van der Waals surface area contributed by atoms with Crippen LogP contribution in [-0.4, -0.2) is 89.0 Å². The Kier molecular flexibility index (Phi) is 39.7. The van der Waals surface area contributed by atoms with Crippen LogP contribution in [0.4, 0.5) is 0 Å². The van der Waals surface area contributed by atoms with Gasteiger partial charge in [-0.1, -0.05) is 164 Å². The summed E-state index contributed by atoms with van der Waals surface area (Å²) in [6.07, 6.45) is 47.5. The van der Waals surface area contributed by atoms with Crippen molar-refractivity contribution in [2.45, 2.75) is 230 Å². The van der Waals surface area contributed by atoms with Crippen molar-refractivity contribution in [2.24, 2.45) is 0 Å². The fourth-order valence-corrected chi connectivity index (χ4v) is 7.08. The molecule has 6 atom stereocenters. The number of aliphatic hydroxyl groups is 4. The Hall–Kier alpha value is -2.86. The third-order valence-corrected chi connectivity index (χ3v) is 11.1. The molecule has 1 aliphatic heterocycles. The minimum Gasteiger partial charge on any atom is -0.462 e. The Morgan fingerprint density at radius 1 is 0.492 bits per heavy atom. The second-order valence-corrected chi connectivity index (χ2v) is 16.9. The van der Waals surface area contributed by atoms with Gasteiger partial charge in [0.2, 0.25) is 0 Å². The van der Waals surface area contributed by atoms with Gasteiger partial charge in [0.25, 0.3) is 0 Å². The summed E-state index contributed by atoms with van der Waals surface area (Å²) >= 11 is 0. The van der Waals surface area contributed by atoms with Crippen molar-refractivity contribution >= 4 is 11.9 Å². The number of aliphatic hydroxyl groups excluding tert-OH is 4. The van der Waals surface area contributed by atoms with E-state index in [0.717, 1.165) is 103 Å². The number of esters is 2. The molecule has 1 rings (SSSR count). The van der Waals surface area contributed by atoms with E-state index in [9.17, 15) is 30.0 Å². The number of carbonyl (C=O) groups is 2. The van der Waals surface area contributed by atoms with Crippen molar-refractivity contribution in [2.75, 3.05) is 19.8 Å². The molecule has 4 N–H and O–H groups in total. The quantitative estimate of drug-likeness (QED) is 0.0265. The van der Waals surface area contributed by atoms with Crippen LogP contribution in [0.3, 0.4) is 0 Å². The first-order chi connectivity index (χ1) is 30.8. The highest BCUT2D eigenvalue weighted by Crippen LogP contribution is 2.22. The Morgan fingerprint density at radius 2 is 0.889 bits per heavy atom. The molecule has 0 radical (unpaired) electrons. The molecule has 362 valence electrons. The highest BCUT2D eigenvalue weighted by atomic mass is 16.7. The fraction of sp³-hybridized carbons (Fsp3) is 0.736. The minimum atomic E-state index is -1.60. The number of ether oxygens (including phenoxy) is 4. The summed E-state index contributed by atoms with van der Waals surface area (Å²) in [5, 5.41) is 40.2. The van der Waals surface area contributed by atoms with Gasteiger partial charge in [0.1, 0.15) is 31.0 Å². The molecule has 0 saturated carbocycles. The highest BCUT2D eigenvalue weighted by molar-refractivity contribution is 5.70. The van der Waals surface area contributed by atoms with Gasteiger partial charge in [0.15, 0.2) is 12.4 Å². The van der Waals surface area contributed by atoms with E-state index >= 15 is 0 Å². The van der Waals surface area contributed by atoms with Gasteiger partial charge in [0, 0.05) is 12.8 Å². The van der Waals surface area contributed by atoms with Gasteiger partial charge in [-0.2, -0.15) is 0 Å². The predicted molar refractivity (Wildman–Crippen MR) is 256 cm³/mol. The molecular weight excluding hydrogens is 797 g/mol. The van der Waals surface area contributed by atoms with Crippen LogP contribution in [0.5, 0.6) is 0 Å². The summed E-state index contributed by atoms with van der Waals surface area (Å²) in [6, 6.07) is 0. The number of hydrogen-bond donors (Lipinski definition) is 4. The lowest BCUT2D eigenvalue weighted by Crippen LogP contribution is -2.59. The number of rotatable bonds is 41. The van der Waals surface area contributed by atoms with Crippen LogP contribution in [0.1, 0.15) is 194 Å². The maximum atomic E-state index is 12.8. The van der Waals surface area contributed by atoms with Gasteiger partial charge in [-0.15, -0.1) is 0 Å². The fourth-order valence-electron chi connectivity index (χ4n) is 7.08. The molecule has 0 spiro atoms. The summed E-state index contributed by atoms with van der Waals surface area (Å²) in [4.78, 5) is 25.4. The average Bonchev–Trinajstić information content (AvgIpc) is 3.28. The first-order valence-corrected chi connectivity index (χ1v) is 25.0. The summed E-state index contributed by atoms with van der Waals surface area (Å²) in [7, 11) is 0. The largest absolute Gasteiger partial charge is 0.462 e. The van der Waals surface area contributed by atoms with E-state index in [-0.39, 0.29) is 26.1 Å². The van der Waals surface area contributed by atoms with Gasteiger partial charge in [0.05, 0.1) is 13.2 Å². The topological polar surface area (TPSA) is 152 Å².